The monoisotopic (exact) mass is 597 g/mol. The summed E-state index contributed by atoms with van der Waals surface area (Å²) in [5.74, 6) is -0.383. The Labute approximate surface area is 259 Å². The van der Waals surface area contributed by atoms with Crippen LogP contribution in [-0.4, -0.2) is 70.7 Å². The molecule has 1 saturated carbocycles. The number of fused-ring (bicyclic) bond motifs is 1. The van der Waals surface area contributed by atoms with Crippen molar-refractivity contribution in [3.8, 4) is 0 Å². The Morgan fingerprint density at radius 3 is 2.59 bits per heavy atom. The molecular formula is C35H44FN7O. The molecule has 8 nitrogen and oxygen atoms in total. The van der Waals surface area contributed by atoms with E-state index in [9.17, 15) is 4.79 Å². The van der Waals surface area contributed by atoms with Crippen molar-refractivity contribution in [2.45, 2.75) is 64.7 Å². The minimum absolute atomic E-state index is 0.0815. The predicted molar refractivity (Wildman–Crippen MR) is 176 cm³/mol. The van der Waals surface area contributed by atoms with E-state index in [1.54, 1.807) is 0 Å². The van der Waals surface area contributed by atoms with Gasteiger partial charge in [-0.1, -0.05) is 0 Å². The molecule has 9 heteroatoms. The lowest BCUT2D eigenvalue weighted by molar-refractivity contribution is 0.158. The Morgan fingerprint density at radius 2 is 1.86 bits per heavy atom. The second-order valence-electron chi connectivity index (χ2n) is 12.8. The van der Waals surface area contributed by atoms with Crippen LogP contribution in [0.25, 0.3) is 10.9 Å². The molecule has 0 bridgehead atoms. The van der Waals surface area contributed by atoms with Gasteiger partial charge in [0.2, 0.25) is 0 Å². The van der Waals surface area contributed by atoms with E-state index in [2.05, 4.69) is 65.0 Å². The quantitative estimate of drug-likeness (QED) is 0.244. The number of nitrogens with one attached hydrogen (secondary N) is 1. The van der Waals surface area contributed by atoms with Crippen LogP contribution in [0.2, 0.25) is 0 Å². The minimum Gasteiger partial charge on any atom is -0.381 e. The summed E-state index contributed by atoms with van der Waals surface area (Å²) in [6, 6.07) is 12.3. The second-order valence-corrected chi connectivity index (χ2v) is 12.8. The van der Waals surface area contributed by atoms with Gasteiger partial charge in [0, 0.05) is 86.1 Å². The topological polar surface area (TPSA) is 69.5 Å². The summed E-state index contributed by atoms with van der Waals surface area (Å²) in [6.45, 7) is 8.48. The van der Waals surface area contributed by atoms with Crippen LogP contribution in [0.1, 0.15) is 54.2 Å². The molecule has 232 valence electrons. The minimum atomic E-state index is -0.383. The summed E-state index contributed by atoms with van der Waals surface area (Å²) < 4.78 is 17.6. The molecule has 1 aromatic carbocycles. The summed E-state index contributed by atoms with van der Waals surface area (Å²) in [6.07, 6.45) is 10.1. The molecule has 44 heavy (non-hydrogen) atoms. The first-order valence-electron chi connectivity index (χ1n) is 15.8. The zero-order chi connectivity index (χ0) is 30.8. The molecule has 2 aliphatic rings. The van der Waals surface area contributed by atoms with E-state index < -0.39 is 0 Å². The number of benzene rings is 1. The van der Waals surface area contributed by atoms with Crippen molar-refractivity contribution < 1.29 is 4.39 Å². The highest BCUT2D eigenvalue weighted by Gasteiger charge is 2.29. The Balaban J connectivity index is 1.34. The van der Waals surface area contributed by atoms with Gasteiger partial charge in [-0.3, -0.25) is 19.7 Å². The predicted octanol–water partition coefficient (Wildman–Crippen LogP) is 5.53. The second kappa shape index (κ2) is 13.0. The molecule has 4 aromatic rings. The average Bonchev–Trinajstić information content (AvgIpc) is 3.85. The lowest BCUT2D eigenvalue weighted by Crippen LogP contribution is -2.48. The number of nitrogens with zero attached hydrogens (tertiary/aromatic N) is 6. The molecule has 1 saturated heterocycles. The van der Waals surface area contributed by atoms with Crippen LogP contribution in [0.5, 0.6) is 0 Å². The zero-order valence-corrected chi connectivity index (χ0v) is 26.4. The largest absolute Gasteiger partial charge is 0.381 e. The van der Waals surface area contributed by atoms with E-state index >= 15 is 4.39 Å². The van der Waals surface area contributed by atoms with Gasteiger partial charge in [-0.05, 0) is 95.6 Å². The zero-order valence-electron chi connectivity index (χ0n) is 26.4. The molecule has 2 fully saturated rings. The average molecular weight is 598 g/mol. The van der Waals surface area contributed by atoms with Crippen molar-refractivity contribution >= 4 is 22.3 Å². The lowest BCUT2D eigenvalue weighted by atomic mass is 10.0. The first-order valence-corrected chi connectivity index (χ1v) is 15.8. The molecule has 0 amide bonds. The highest BCUT2D eigenvalue weighted by atomic mass is 19.1. The number of halogens is 1. The highest BCUT2D eigenvalue weighted by Crippen LogP contribution is 2.38. The number of rotatable bonds is 11. The standard InChI is InChI=1S/C35H44FN7O/c1-24-7-8-29(19-39-24)41-14-5-6-30(23-41)42(20-26-11-12-37-25(2)16-26)21-27-22-43(28-9-10-28)34-18-33(38-13-15-40(3)4)32(36)17-31(34)35(27)44/h7-8,11-12,16-19,22,28,30,38H,5-6,9-10,13-15,20-21,23H2,1-4H3/t30-/m0/s1. The van der Waals surface area contributed by atoms with Gasteiger partial charge >= 0.3 is 0 Å². The molecule has 0 spiro atoms. The molecule has 3 aromatic heterocycles. The van der Waals surface area contributed by atoms with Gasteiger partial charge in [-0.2, -0.15) is 0 Å². The number of hydrogen-bond acceptors (Lipinski definition) is 7. The van der Waals surface area contributed by atoms with Crippen LogP contribution in [0, 0.1) is 19.7 Å². The van der Waals surface area contributed by atoms with Crippen molar-refractivity contribution in [1.82, 2.24) is 24.3 Å². The summed E-state index contributed by atoms with van der Waals surface area (Å²) in [7, 11) is 3.99. The van der Waals surface area contributed by atoms with E-state index in [4.69, 9.17) is 0 Å². The molecule has 0 unspecified atom stereocenters. The van der Waals surface area contributed by atoms with Gasteiger partial charge in [0.05, 0.1) is 23.1 Å². The number of anilines is 2. The number of hydrogen-bond donors (Lipinski definition) is 1. The third kappa shape index (κ3) is 6.94. The first-order chi connectivity index (χ1) is 21.2. The maximum atomic E-state index is 15.4. The maximum absolute atomic E-state index is 15.4. The van der Waals surface area contributed by atoms with Gasteiger partial charge in [0.25, 0.3) is 0 Å². The number of aromatic nitrogens is 3. The van der Waals surface area contributed by atoms with Crippen LogP contribution >= 0.6 is 0 Å². The summed E-state index contributed by atoms with van der Waals surface area (Å²) in [5.41, 5.74) is 6.19. The Bertz CT molecular complexity index is 1660. The third-order valence-electron chi connectivity index (χ3n) is 8.90. The van der Waals surface area contributed by atoms with Crippen molar-refractivity contribution in [1.29, 1.82) is 0 Å². The van der Waals surface area contributed by atoms with E-state index in [1.165, 1.54) is 11.6 Å². The van der Waals surface area contributed by atoms with Crippen molar-refractivity contribution in [2.24, 2.45) is 0 Å². The smallest absolute Gasteiger partial charge is 0.193 e. The Morgan fingerprint density at radius 1 is 1.02 bits per heavy atom. The Hall–Kier alpha value is -3.82. The fourth-order valence-electron chi connectivity index (χ4n) is 6.35. The van der Waals surface area contributed by atoms with Crippen LogP contribution in [0.3, 0.4) is 0 Å². The van der Waals surface area contributed by atoms with Crippen LogP contribution in [0.4, 0.5) is 15.8 Å². The highest BCUT2D eigenvalue weighted by molar-refractivity contribution is 5.84. The molecule has 1 N–H and O–H groups in total. The molecule has 1 aliphatic carbocycles. The lowest BCUT2D eigenvalue weighted by Gasteiger charge is -2.40. The number of pyridine rings is 3. The molecule has 4 heterocycles. The molecule has 6 rings (SSSR count). The summed E-state index contributed by atoms with van der Waals surface area (Å²) in [5, 5.41) is 3.69. The van der Waals surface area contributed by atoms with Gasteiger partial charge in [-0.15, -0.1) is 0 Å². The van der Waals surface area contributed by atoms with E-state index in [0.717, 1.165) is 73.5 Å². The van der Waals surface area contributed by atoms with E-state index in [-0.39, 0.29) is 17.3 Å². The molecular weight excluding hydrogens is 553 g/mol. The number of piperidine rings is 1. The van der Waals surface area contributed by atoms with Gasteiger partial charge < -0.3 is 19.7 Å². The van der Waals surface area contributed by atoms with Crippen molar-refractivity contribution in [3.63, 3.8) is 0 Å². The van der Waals surface area contributed by atoms with Crippen LogP contribution in [-0.2, 0) is 13.1 Å². The fourth-order valence-corrected chi connectivity index (χ4v) is 6.35. The molecule has 1 atom stereocenters. The van der Waals surface area contributed by atoms with E-state index in [1.807, 2.05) is 46.4 Å². The first kappa shape index (κ1) is 30.2. The molecule has 0 radical (unpaired) electrons. The normalized spacial score (nSPS) is 17.2. The van der Waals surface area contributed by atoms with E-state index in [0.29, 0.717) is 36.7 Å². The maximum Gasteiger partial charge on any atom is 0.193 e. The van der Waals surface area contributed by atoms with Gasteiger partial charge in [0.15, 0.2) is 5.43 Å². The van der Waals surface area contributed by atoms with Gasteiger partial charge in [0.1, 0.15) is 5.82 Å². The van der Waals surface area contributed by atoms with Crippen molar-refractivity contribution in [2.75, 3.05) is 50.5 Å². The molecule has 1 aliphatic heterocycles. The SMILES string of the molecule is Cc1ccc(N2CCC[C@H](N(Cc3ccnc(C)c3)Cc3cn(C4CC4)c4cc(NCCN(C)C)c(F)cc4c3=O)C2)cn1. The summed E-state index contributed by atoms with van der Waals surface area (Å²) in [4.78, 5) is 29.9. The van der Waals surface area contributed by atoms with Gasteiger partial charge in [-0.25, -0.2) is 4.39 Å². The number of aryl methyl sites for hydroxylation is 2. The summed E-state index contributed by atoms with van der Waals surface area (Å²) >= 11 is 0. The van der Waals surface area contributed by atoms with Crippen LogP contribution < -0.4 is 15.6 Å². The fraction of sp³-hybridized carbons (Fsp3) is 0.457. The number of likely N-dealkylation sites (N-methyl/N-ethyl adjacent to an activating group) is 1. The Kier molecular flexibility index (Phi) is 8.96. The third-order valence-corrected chi connectivity index (χ3v) is 8.90. The van der Waals surface area contributed by atoms with Crippen LogP contribution in [0.15, 0.2) is 59.8 Å². The van der Waals surface area contributed by atoms with Crippen molar-refractivity contribution in [3.05, 3.63) is 93.5 Å².